The highest BCUT2D eigenvalue weighted by atomic mass is 16.2. The molecule has 0 unspecified atom stereocenters. The average Bonchev–Trinajstić information content (AvgIpc) is 3.27. The van der Waals surface area contributed by atoms with Crippen molar-refractivity contribution >= 4 is 29.2 Å². The van der Waals surface area contributed by atoms with Gasteiger partial charge in [-0.05, 0) is 51.5 Å². The standard InChI is InChI=1S/C24H27N7O/c1-15-6-10-18(11-7-15)26-20-19-21(28-31(20)13-17-9-8-16(2)25-12-17)30-14-24(3,4)27-23(30)29(5)22(19)32/h6-12,26H,13-14H2,1-5H3. The van der Waals surface area contributed by atoms with E-state index in [1.54, 1.807) is 11.9 Å². The lowest BCUT2D eigenvalue weighted by molar-refractivity contribution is 0.0866. The van der Waals surface area contributed by atoms with Crippen LogP contribution < -0.4 is 10.2 Å². The molecule has 32 heavy (non-hydrogen) atoms. The smallest absolute Gasteiger partial charge is 0.267 e. The molecule has 0 fully saturated rings. The lowest BCUT2D eigenvalue weighted by Crippen LogP contribution is -2.48. The number of aromatic nitrogens is 3. The van der Waals surface area contributed by atoms with Crippen LogP contribution in [0.1, 0.15) is 41.0 Å². The van der Waals surface area contributed by atoms with E-state index in [2.05, 4.69) is 31.1 Å². The maximum absolute atomic E-state index is 13.5. The van der Waals surface area contributed by atoms with Gasteiger partial charge in [0, 0.05) is 24.6 Å². The number of aryl methyl sites for hydroxylation is 2. The second kappa shape index (κ2) is 7.19. The van der Waals surface area contributed by atoms with Crippen LogP contribution in [-0.2, 0) is 6.54 Å². The highest BCUT2D eigenvalue weighted by molar-refractivity contribution is 6.20. The maximum Gasteiger partial charge on any atom is 0.267 e. The number of carbonyl (C=O) groups is 1. The van der Waals surface area contributed by atoms with Gasteiger partial charge in [0.25, 0.3) is 5.91 Å². The molecule has 0 aliphatic carbocycles. The molecular weight excluding hydrogens is 402 g/mol. The number of pyridine rings is 1. The van der Waals surface area contributed by atoms with Crippen LogP contribution in [0.3, 0.4) is 0 Å². The van der Waals surface area contributed by atoms with E-state index in [0.29, 0.717) is 36.2 Å². The summed E-state index contributed by atoms with van der Waals surface area (Å²) in [6.45, 7) is 9.31. The van der Waals surface area contributed by atoms with Crippen LogP contribution >= 0.6 is 0 Å². The van der Waals surface area contributed by atoms with E-state index in [9.17, 15) is 4.79 Å². The SMILES string of the molecule is Cc1ccc(Nc2c3c(nn2Cc2ccc(C)nc2)N2CC(C)(C)N=C2N(C)C3=O)cc1. The summed E-state index contributed by atoms with van der Waals surface area (Å²) in [7, 11) is 1.77. The van der Waals surface area contributed by atoms with Crippen LogP contribution in [0.15, 0.2) is 47.6 Å². The molecule has 1 amide bonds. The fourth-order valence-electron chi connectivity index (χ4n) is 4.12. The fourth-order valence-corrected chi connectivity index (χ4v) is 4.12. The maximum atomic E-state index is 13.5. The quantitative estimate of drug-likeness (QED) is 0.684. The minimum Gasteiger partial charge on any atom is -0.340 e. The van der Waals surface area contributed by atoms with E-state index in [-0.39, 0.29) is 11.4 Å². The van der Waals surface area contributed by atoms with Gasteiger partial charge >= 0.3 is 0 Å². The van der Waals surface area contributed by atoms with E-state index < -0.39 is 0 Å². The fraction of sp³-hybridized carbons (Fsp3) is 0.333. The van der Waals surface area contributed by atoms with Gasteiger partial charge < -0.3 is 5.32 Å². The molecule has 8 nitrogen and oxygen atoms in total. The molecule has 2 aliphatic heterocycles. The third-order valence-corrected chi connectivity index (χ3v) is 5.82. The van der Waals surface area contributed by atoms with Crippen LogP contribution in [0.25, 0.3) is 0 Å². The van der Waals surface area contributed by atoms with Crippen LogP contribution in [0.5, 0.6) is 0 Å². The Balaban J connectivity index is 1.63. The molecule has 0 saturated heterocycles. The van der Waals surface area contributed by atoms with Crippen molar-refractivity contribution < 1.29 is 4.79 Å². The molecule has 1 aromatic carbocycles. The van der Waals surface area contributed by atoms with Crippen molar-refractivity contribution in [2.24, 2.45) is 4.99 Å². The summed E-state index contributed by atoms with van der Waals surface area (Å²) in [6.07, 6.45) is 1.85. The third-order valence-electron chi connectivity index (χ3n) is 5.82. The van der Waals surface area contributed by atoms with Crippen molar-refractivity contribution in [3.63, 3.8) is 0 Å². The Hall–Kier alpha value is -3.68. The van der Waals surface area contributed by atoms with Gasteiger partial charge in [-0.1, -0.05) is 23.8 Å². The van der Waals surface area contributed by atoms with Gasteiger partial charge in [-0.3, -0.25) is 19.6 Å². The number of benzene rings is 1. The van der Waals surface area contributed by atoms with E-state index in [0.717, 1.165) is 16.9 Å². The molecule has 1 N–H and O–H groups in total. The zero-order chi connectivity index (χ0) is 22.6. The van der Waals surface area contributed by atoms with Gasteiger partial charge in [0.2, 0.25) is 5.96 Å². The molecular formula is C24H27N7O. The second-order valence-electron chi connectivity index (χ2n) is 9.18. The molecule has 0 atom stereocenters. The minimum absolute atomic E-state index is 0.115. The minimum atomic E-state index is -0.291. The van der Waals surface area contributed by atoms with E-state index in [4.69, 9.17) is 10.1 Å². The second-order valence-corrected chi connectivity index (χ2v) is 9.18. The first-order valence-corrected chi connectivity index (χ1v) is 10.7. The Morgan fingerprint density at radius 1 is 1.09 bits per heavy atom. The van der Waals surface area contributed by atoms with Crippen LogP contribution in [0.2, 0.25) is 0 Å². The van der Waals surface area contributed by atoms with Gasteiger partial charge in [0.05, 0.1) is 18.6 Å². The highest BCUT2D eigenvalue weighted by Crippen LogP contribution is 2.38. The summed E-state index contributed by atoms with van der Waals surface area (Å²) in [4.78, 5) is 26.3. The Kier molecular flexibility index (Phi) is 4.54. The molecule has 5 rings (SSSR count). The van der Waals surface area contributed by atoms with Crippen LogP contribution in [0.4, 0.5) is 17.3 Å². The Morgan fingerprint density at radius 3 is 2.53 bits per heavy atom. The largest absolute Gasteiger partial charge is 0.340 e. The molecule has 8 heteroatoms. The van der Waals surface area contributed by atoms with Gasteiger partial charge in [0.15, 0.2) is 5.82 Å². The molecule has 0 radical (unpaired) electrons. The molecule has 0 spiro atoms. The number of hydrogen-bond donors (Lipinski definition) is 1. The molecule has 3 aromatic rings. The number of fused-ring (bicyclic) bond motifs is 3. The number of anilines is 3. The molecule has 164 valence electrons. The van der Waals surface area contributed by atoms with Crippen molar-refractivity contribution in [1.29, 1.82) is 0 Å². The van der Waals surface area contributed by atoms with E-state index >= 15 is 0 Å². The lowest BCUT2D eigenvalue weighted by Gasteiger charge is -2.30. The number of aliphatic imine (C=N–C) groups is 1. The van der Waals surface area contributed by atoms with Gasteiger partial charge in [-0.25, -0.2) is 9.67 Å². The van der Waals surface area contributed by atoms with Crippen LogP contribution in [-0.4, -0.2) is 50.7 Å². The molecule has 0 saturated carbocycles. The molecule has 2 aromatic heterocycles. The van der Waals surface area contributed by atoms with Gasteiger partial charge in [-0.15, -0.1) is 0 Å². The number of nitrogens with one attached hydrogen (secondary N) is 1. The Labute approximate surface area is 187 Å². The van der Waals surface area contributed by atoms with Crippen molar-refractivity contribution in [3.05, 3.63) is 65.0 Å². The number of nitrogens with zero attached hydrogens (tertiary/aromatic N) is 6. The summed E-state index contributed by atoms with van der Waals surface area (Å²) in [5, 5.41) is 8.36. The predicted molar refractivity (Wildman–Crippen MR) is 126 cm³/mol. The first kappa shape index (κ1) is 20.2. The van der Waals surface area contributed by atoms with Gasteiger partial charge in [-0.2, -0.15) is 5.10 Å². The number of rotatable bonds is 4. The van der Waals surface area contributed by atoms with Gasteiger partial charge in [0.1, 0.15) is 11.4 Å². The zero-order valence-electron chi connectivity index (χ0n) is 19.0. The number of carbonyl (C=O) groups excluding carboxylic acids is 1. The van der Waals surface area contributed by atoms with Crippen molar-refractivity contribution in [2.75, 3.05) is 23.8 Å². The topological polar surface area (TPSA) is 78.7 Å². The summed E-state index contributed by atoms with van der Waals surface area (Å²) in [5.41, 5.74) is 4.32. The summed E-state index contributed by atoms with van der Waals surface area (Å²) < 4.78 is 1.86. The number of hydrogen-bond acceptors (Lipinski definition) is 6. The Bertz CT molecular complexity index is 1220. The lowest BCUT2D eigenvalue weighted by atomic mass is 10.1. The van der Waals surface area contributed by atoms with Crippen LogP contribution in [0, 0.1) is 13.8 Å². The molecule has 2 aliphatic rings. The monoisotopic (exact) mass is 429 g/mol. The molecule has 0 bridgehead atoms. The third kappa shape index (κ3) is 3.41. The van der Waals surface area contributed by atoms with Crippen molar-refractivity contribution in [1.82, 2.24) is 19.7 Å². The molecule has 4 heterocycles. The summed E-state index contributed by atoms with van der Waals surface area (Å²) >= 11 is 0. The highest BCUT2D eigenvalue weighted by Gasteiger charge is 2.45. The van der Waals surface area contributed by atoms with E-state index in [1.807, 2.05) is 59.1 Å². The zero-order valence-corrected chi connectivity index (χ0v) is 19.0. The normalized spacial score (nSPS) is 16.7. The Morgan fingerprint density at radius 2 is 1.84 bits per heavy atom. The summed E-state index contributed by atoms with van der Waals surface area (Å²) in [6, 6.07) is 12.1. The first-order valence-electron chi connectivity index (χ1n) is 10.7. The predicted octanol–water partition coefficient (Wildman–Crippen LogP) is 3.73. The van der Waals surface area contributed by atoms with Crippen molar-refractivity contribution in [3.8, 4) is 0 Å². The number of amides is 1. The summed E-state index contributed by atoms with van der Waals surface area (Å²) in [5.74, 6) is 1.85. The first-order chi connectivity index (χ1) is 15.2. The average molecular weight is 430 g/mol. The van der Waals surface area contributed by atoms with Crippen molar-refractivity contribution in [2.45, 2.75) is 39.8 Å². The van der Waals surface area contributed by atoms with E-state index in [1.165, 1.54) is 5.56 Å². The number of guanidine groups is 1.